The highest BCUT2D eigenvalue weighted by atomic mass is 35.5. The van der Waals surface area contributed by atoms with Gasteiger partial charge in [-0.05, 0) is 95.3 Å². The molecule has 0 fully saturated rings. The molecule has 4 heterocycles. The zero-order valence-corrected chi connectivity index (χ0v) is 64.5. The smallest absolute Gasteiger partial charge is 0.231 e. The standard InChI is InChI=1S/C17H18O2.C16H16ClNO2.C16H15NO3.C16H15NO2.C16H17NO2.C9H18O2/c1-13(2)16(18)17(19,14-9-5-3-6-10-14)15-11-7-4-8-12-15;1-11(2)15(19)16(20,14-8-3-4-9-18-14)12-6-5-7-13(17)10-12;1-10(2)15(18)16(19)12-7-4-3-6-11(12)14-13(16)8-5-9-17(14)20;1-10(2)15(18)16(19)13-8-4-3-6-11(13)12-7-5-9-17-14(12)16;1-12(2)15(18)16(19,13-8-4-3-5-9-13)14-10-6-7-11-17-14;1-5-9(11,6-2)8(10)7(3)4/h3-13,19H,1-2H3;3-11,20H,1-2H3;3-10,19H,1-2H3;3-10,19H,1-2H3;3-12,19H,1-2H3;7,11H,5-6H2,1-4H3. The summed E-state index contributed by atoms with van der Waals surface area (Å²) in [7, 11) is 0. The fourth-order valence-electron chi connectivity index (χ4n) is 13.2. The van der Waals surface area contributed by atoms with Gasteiger partial charge in [-0.25, -0.2) is 0 Å². The van der Waals surface area contributed by atoms with Gasteiger partial charge in [0.15, 0.2) is 68.9 Å². The minimum absolute atomic E-state index is 0.0394. The molecule has 0 aliphatic heterocycles. The van der Waals surface area contributed by atoms with Crippen molar-refractivity contribution in [2.45, 2.75) is 143 Å². The fourth-order valence-corrected chi connectivity index (χ4v) is 13.4. The number of Topliss-reactive ketones (excluding diaryl/α,β-unsaturated/α-hetero) is 6. The van der Waals surface area contributed by atoms with E-state index in [2.05, 4.69) is 15.0 Å². The van der Waals surface area contributed by atoms with Gasteiger partial charge in [0, 0.05) is 81.9 Å². The van der Waals surface area contributed by atoms with Crippen LogP contribution in [0.4, 0.5) is 0 Å². The minimum Gasteiger partial charge on any atom is -0.618 e. The van der Waals surface area contributed by atoms with Crippen LogP contribution in [0.1, 0.15) is 166 Å². The lowest BCUT2D eigenvalue weighted by Crippen LogP contribution is -2.40. The molecule has 6 aromatic carbocycles. The maximum Gasteiger partial charge on any atom is 0.231 e. The first kappa shape index (κ1) is 85.0. The van der Waals surface area contributed by atoms with Gasteiger partial charge in [-0.1, -0.05) is 272 Å². The Kier molecular flexibility index (Phi) is 28.8. The van der Waals surface area contributed by atoms with Crippen LogP contribution in [0.5, 0.6) is 0 Å². The lowest BCUT2D eigenvalue weighted by molar-refractivity contribution is -0.594. The van der Waals surface area contributed by atoms with Gasteiger partial charge in [0.05, 0.1) is 28.2 Å². The Morgan fingerprint density at radius 2 is 0.750 bits per heavy atom. The molecule has 2 aliphatic carbocycles. The van der Waals surface area contributed by atoms with Crippen molar-refractivity contribution in [2.75, 3.05) is 0 Å². The van der Waals surface area contributed by atoms with Gasteiger partial charge in [-0.3, -0.25) is 43.7 Å². The molecular formula is C90H99ClN4O13. The maximum absolute atomic E-state index is 12.5. The second-order valence-corrected chi connectivity index (χ2v) is 29.0. The monoisotopic (exact) mass is 1480 g/mol. The van der Waals surface area contributed by atoms with Gasteiger partial charge in [0.25, 0.3) is 0 Å². The summed E-state index contributed by atoms with van der Waals surface area (Å²) >= 11 is 5.98. The Labute approximate surface area is 638 Å². The summed E-state index contributed by atoms with van der Waals surface area (Å²) in [6.45, 7) is 25.1. The second kappa shape index (κ2) is 36.6. The molecule has 0 spiro atoms. The lowest BCUT2D eigenvalue weighted by atomic mass is 9.79. The van der Waals surface area contributed by atoms with Gasteiger partial charge >= 0.3 is 0 Å². The molecule has 10 aromatic rings. The normalized spacial score (nSPS) is 15.6. The summed E-state index contributed by atoms with van der Waals surface area (Å²) in [5, 5.41) is 77.4. The van der Waals surface area contributed by atoms with E-state index in [0.717, 1.165) is 11.1 Å². The van der Waals surface area contributed by atoms with Crippen molar-refractivity contribution in [3.63, 3.8) is 0 Å². The van der Waals surface area contributed by atoms with E-state index in [9.17, 15) is 64.6 Å². The number of pyridine rings is 4. The molecule has 0 saturated carbocycles. The number of fused-ring (bicyclic) bond motifs is 6. The van der Waals surface area contributed by atoms with Crippen LogP contribution in [-0.2, 0) is 56.8 Å². The molecule has 18 heteroatoms. The Bertz CT molecular complexity index is 4430. The quantitative estimate of drug-likeness (QED) is 0.0305. The van der Waals surface area contributed by atoms with Crippen LogP contribution >= 0.6 is 11.6 Å². The molecule has 4 unspecified atom stereocenters. The lowest BCUT2D eigenvalue weighted by Gasteiger charge is -2.29. The van der Waals surface area contributed by atoms with Crippen molar-refractivity contribution in [2.24, 2.45) is 35.5 Å². The van der Waals surface area contributed by atoms with E-state index < -0.39 is 33.6 Å². The molecule has 2 aliphatic rings. The van der Waals surface area contributed by atoms with Gasteiger partial charge in [0.1, 0.15) is 5.60 Å². The zero-order chi connectivity index (χ0) is 79.7. The van der Waals surface area contributed by atoms with Crippen molar-refractivity contribution in [1.82, 2.24) is 15.0 Å². The van der Waals surface area contributed by atoms with Crippen LogP contribution in [-0.4, -0.2) is 85.9 Å². The third-order valence-corrected chi connectivity index (χ3v) is 19.4. The molecule has 4 aromatic heterocycles. The van der Waals surface area contributed by atoms with E-state index in [1.165, 1.54) is 6.20 Å². The van der Waals surface area contributed by atoms with Crippen LogP contribution in [0, 0.1) is 40.7 Å². The average Bonchev–Trinajstić information content (AvgIpc) is 1.56. The van der Waals surface area contributed by atoms with Gasteiger partial charge in [-0.2, -0.15) is 4.73 Å². The van der Waals surface area contributed by atoms with E-state index >= 15 is 0 Å². The SMILES string of the molecule is CC(C)C(=O)C(O)(c1cccc(Cl)c1)c1ccccn1.CC(C)C(=O)C(O)(c1ccccc1)c1ccccc1.CC(C)C(=O)C(O)(c1ccccc1)c1ccccn1.CC(C)C(=O)C1(O)c2ccccc2-c2c1ccc[n+]2[O-].CC(C)C(=O)C1(O)c2ccccc2-c2cccnc21.CCC(O)(CC)C(=O)C(C)C. The largest absolute Gasteiger partial charge is 0.618 e. The molecule has 0 radical (unpaired) electrons. The predicted molar refractivity (Wildman–Crippen MR) is 419 cm³/mol. The topological polar surface area (TPSA) is 289 Å². The first-order valence-corrected chi connectivity index (χ1v) is 36.7. The Balaban J connectivity index is 0.000000182. The number of aromatic nitrogens is 4. The van der Waals surface area contributed by atoms with E-state index in [1.54, 1.807) is 239 Å². The Morgan fingerprint density at radius 1 is 0.389 bits per heavy atom. The fraction of sp³-hybridized carbons (Fsp3) is 0.311. The number of halogens is 1. The summed E-state index contributed by atoms with van der Waals surface area (Å²) in [6.07, 6.45) is 7.15. The summed E-state index contributed by atoms with van der Waals surface area (Å²) in [6, 6.07) is 65.5. The molecule has 0 amide bonds. The summed E-state index contributed by atoms with van der Waals surface area (Å²) < 4.78 is 0.708. The summed E-state index contributed by atoms with van der Waals surface area (Å²) in [5.41, 5.74) is -1.91. The minimum atomic E-state index is -1.78. The van der Waals surface area contributed by atoms with E-state index in [-0.39, 0.29) is 70.2 Å². The number of aliphatic hydroxyl groups is 6. The third-order valence-electron chi connectivity index (χ3n) is 19.1. The molecule has 6 N–H and O–H groups in total. The number of rotatable bonds is 20. The molecule has 108 heavy (non-hydrogen) atoms. The molecule has 17 nitrogen and oxygen atoms in total. The second-order valence-electron chi connectivity index (χ2n) is 28.5. The molecule has 4 atom stereocenters. The average molecular weight is 1480 g/mol. The molecule has 12 rings (SSSR count). The maximum atomic E-state index is 12.5. The van der Waals surface area contributed by atoms with Crippen LogP contribution in [0.2, 0.25) is 5.02 Å². The molecule has 0 saturated heterocycles. The number of nitrogens with zero attached hydrogens (tertiary/aromatic N) is 4. The number of ketones is 6. The van der Waals surface area contributed by atoms with Gasteiger partial charge in [0.2, 0.25) is 5.69 Å². The van der Waals surface area contributed by atoms with Crippen molar-refractivity contribution >= 4 is 46.3 Å². The van der Waals surface area contributed by atoms with Crippen LogP contribution < -0.4 is 4.73 Å². The van der Waals surface area contributed by atoms with Crippen molar-refractivity contribution < 1.29 is 64.1 Å². The van der Waals surface area contributed by atoms with Crippen LogP contribution in [0.3, 0.4) is 0 Å². The number of hydrogen-bond acceptors (Lipinski definition) is 16. The third kappa shape index (κ3) is 17.7. The molecule has 0 bridgehead atoms. The number of carbonyl (C=O) groups is 6. The van der Waals surface area contributed by atoms with Crippen LogP contribution in [0.15, 0.2) is 249 Å². The Hall–Kier alpha value is -10.2. The summed E-state index contributed by atoms with van der Waals surface area (Å²) in [4.78, 5) is 86.5. The number of hydrogen-bond donors (Lipinski definition) is 6. The van der Waals surface area contributed by atoms with Crippen molar-refractivity contribution in [3.8, 4) is 22.4 Å². The van der Waals surface area contributed by atoms with Crippen molar-refractivity contribution in [3.05, 3.63) is 315 Å². The highest BCUT2D eigenvalue weighted by Gasteiger charge is 2.53. The Morgan fingerprint density at radius 3 is 1.17 bits per heavy atom. The van der Waals surface area contributed by atoms with E-state index in [0.29, 0.717) is 89.9 Å². The predicted octanol–water partition coefficient (Wildman–Crippen LogP) is 14.9. The highest BCUT2D eigenvalue weighted by molar-refractivity contribution is 6.30. The first-order chi connectivity index (χ1) is 51.1. The molecule has 564 valence electrons. The van der Waals surface area contributed by atoms with Crippen LogP contribution in [0.25, 0.3) is 22.4 Å². The van der Waals surface area contributed by atoms with E-state index in [4.69, 9.17) is 11.6 Å². The van der Waals surface area contributed by atoms with Crippen molar-refractivity contribution in [1.29, 1.82) is 0 Å². The summed E-state index contributed by atoms with van der Waals surface area (Å²) in [5.74, 6) is -2.82. The highest BCUT2D eigenvalue weighted by Crippen LogP contribution is 2.49. The molecular weight excluding hydrogens is 1380 g/mol. The van der Waals surface area contributed by atoms with Gasteiger partial charge < -0.3 is 35.8 Å². The zero-order valence-electron chi connectivity index (χ0n) is 63.8. The number of carbonyl (C=O) groups excluding carboxylic acids is 6. The van der Waals surface area contributed by atoms with Gasteiger partial charge in [-0.15, -0.1) is 0 Å². The van der Waals surface area contributed by atoms with E-state index in [1.807, 2.05) is 100 Å². The first-order valence-electron chi connectivity index (χ1n) is 36.3. The number of benzene rings is 6.